The standard InChI is InChI=1S/C7H14N2O3/c1-5(7(11)8-2)9-6(10)4-12-3/h5H,4H2,1-3H3,(H,8,11)(H,9,10)/t5-/m0/s1. The van der Waals surface area contributed by atoms with Crippen LogP contribution in [0.1, 0.15) is 6.92 Å². The number of rotatable bonds is 4. The number of amides is 2. The van der Waals surface area contributed by atoms with Crippen LogP contribution in [0.25, 0.3) is 0 Å². The number of hydrogen-bond donors (Lipinski definition) is 2. The topological polar surface area (TPSA) is 67.4 Å². The van der Waals surface area contributed by atoms with Crippen molar-refractivity contribution in [1.82, 2.24) is 10.6 Å². The van der Waals surface area contributed by atoms with Crippen LogP contribution in [0.3, 0.4) is 0 Å². The molecule has 0 aliphatic rings. The lowest BCUT2D eigenvalue weighted by molar-refractivity contribution is -0.130. The molecule has 0 heterocycles. The highest BCUT2D eigenvalue weighted by molar-refractivity contribution is 5.87. The van der Waals surface area contributed by atoms with E-state index >= 15 is 0 Å². The highest BCUT2D eigenvalue weighted by atomic mass is 16.5. The molecule has 0 unspecified atom stereocenters. The number of carbonyl (C=O) groups is 2. The Morgan fingerprint density at radius 3 is 2.50 bits per heavy atom. The molecular weight excluding hydrogens is 160 g/mol. The van der Waals surface area contributed by atoms with Gasteiger partial charge in [-0.15, -0.1) is 0 Å². The second-order valence-electron chi connectivity index (χ2n) is 2.34. The molecule has 0 aliphatic heterocycles. The third-order valence-electron chi connectivity index (χ3n) is 1.29. The zero-order valence-corrected chi connectivity index (χ0v) is 7.51. The molecule has 12 heavy (non-hydrogen) atoms. The minimum Gasteiger partial charge on any atom is -0.375 e. The molecule has 0 aromatic carbocycles. The molecule has 0 aromatic rings. The summed E-state index contributed by atoms with van der Waals surface area (Å²) in [6.45, 7) is 1.58. The first-order valence-corrected chi connectivity index (χ1v) is 3.61. The van der Waals surface area contributed by atoms with Crippen molar-refractivity contribution in [2.24, 2.45) is 0 Å². The molecule has 0 saturated heterocycles. The Morgan fingerprint density at radius 2 is 2.08 bits per heavy atom. The fourth-order valence-electron chi connectivity index (χ4n) is 0.696. The maximum absolute atomic E-state index is 10.9. The molecule has 70 valence electrons. The fourth-order valence-corrected chi connectivity index (χ4v) is 0.696. The van der Waals surface area contributed by atoms with Gasteiger partial charge in [-0.05, 0) is 6.92 Å². The summed E-state index contributed by atoms with van der Waals surface area (Å²) in [6.07, 6.45) is 0. The van der Waals surface area contributed by atoms with Crippen LogP contribution in [0.5, 0.6) is 0 Å². The van der Waals surface area contributed by atoms with E-state index in [4.69, 9.17) is 0 Å². The van der Waals surface area contributed by atoms with Crippen LogP contribution in [0.2, 0.25) is 0 Å². The van der Waals surface area contributed by atoms with Crippen LogP contribution in [0.15, 0.2) is 0 Å². The van der Waals surface area contributed by atoms with Gasteiger partial charge in [0.25, 0.3) is 0 Å². The van der Waals surface area contributed by atoms with Gasteiger partial charge in [0.05, 0.1) is 0 Å². The SMILES string of the molecule is CNC(=O)[C@H](C)NC(=O)COC. The number of carbonyl (C=O) groups excluding carboxylic acids is 2. The second kappa shape index (κ2) is 5.54. The lowest BCUT2D eigenvalue weighted by atomic mass is 10.3. The fraction of sp³-hybridized carbons (Fsp3) is 0.714. The zero-order chi connectivity index (χ0) is 9.56. The molecule has 2 N–H and O–H groups in total. The first-order chi connectivity index (χ1) is 5.61. The molecule has 2 amide bonds. The smallest absolute Gasteiger partial charge is 0.246 e. The van der Waals surface area contributed by atoms with Crippen LogP contribution >= 0.6 is 0 Å². The number of likely N-dealkylation sites (N-methyl/N-ethyl adjacent to an activating group) is 1. The second-order valence-corrected chi connectivity index (χ2v) is 2.34. The van der Waals surface area contributed by atoms with Gasteiger partial charge < -0.3 is 15.4 Å². The van der Waals surface area contributed by atoms with Crippen molar-refractivity contribution >= 4 is 11.8 Å². The Labute approximate surface area is 71.5 Å². The molecule has 0 fully saturated rings. The minimum absolute atomic E-state index is 0.0265. The van der Waals surface area contributed by atoms with Gasteiger partial charge >= 0.3 is 0 Å². The van der Waals surface area contributed by atoms with Crippen LogP contribution in [-0.2, 0) is 14.3 Å². The van der Waals surface area contributed by atoms with E-state index in [0.717, 1.165) is 0 Å². The summed E-state index contributed by atoms with van der Waals surface area (Å²) in [7, 11) is 2.94. The van der Waals surface area contributed by atoms with Gasteiger partial charge in [0.1, 0.15) is 12.6 Å². The van der Waals surface area contributed by atoms with E-state index in [1.807, 2.05) is 0 Å². The molecular formula is C7H14N2O3. The Balaban J connectivity index is 3.75. The van der Waals surface area contributed by atoms with Crippen molar-refractivity contribution in [1.29, 1.82) is 0 Å². The van der Waals surface area contributed by atoms with E-state index in [1.165, 1.54) is 14.2 Å². The van der Waals surface area contributed by atoms with E-state index in [2.05, 4.69) is 15.4 Å². The molecule has 0 saturated carbocycles. The van der Waals surface area contributed by atoms with Gasteiger partial charge in [0, 0.05) is 14.2 Å². The predicted molar refractivity (Wildman–Crippen MR) is 43.5 cm³/mol. The number of nitrogens with one attached hydrogen (secondary N) is 2. The van der Waals surface area contributed by atoms with Crippen molar-refractivity contribution in [3.05, 3.63) is 0 Å². The van der Waals surface area contributed by atoms with Crippen LogP contribution < -0.4 is 10.6 Å². The van der Waals surface area contributed by atoms with Crippen molar-refractivity contribution in [3.63, 3.8) is 0 Å². The highest BCUT2D eigenvalue weighted by Crippen LogP contribution is 1.81. The van der Waals surface area contributed by atoms with Gasteiger partial charge in [0.2, 0.25) is 11.8 Å². The Bertz CT molecular complexity index is 170. The normalized spacial score (nSPS) is 11.9. The van der Waals surface area contributed by atoms with Gasteiger partial charge in [-0.1, -0.05) is 0 Å². The van der Waals surface area contributed by atoms with Gasteiger partial charge in [-0.2, -0.15) is 0 Å². The number of ether oxygens (including phenoxy) is 1. The summed E-state index contributed by atoms with van der Waals surface area (Å²) >= 11 is 0. The molecule has 0 bridgehead atoms. The average molecular weight is 174 g/mol. The minimum atomic E-state index is -0.516. The van der Waals surface area contributed by atoms with Gasteiger partial charge in [0.15, 0.2) is 0 Å². The van der Waals surface area contributed by atoms with E-state index < -0.39 is 6.04 Å². The molecule has 0 aliphatic carbocycles. The van der Waals surface area contributed by atoms with E-state index in [9.17, 15) is 9.59 Å². The van der Waals surface area contributed by atoms with Crippen LogP contribution in [0, 0.1) is 0 Å². The van der Waals surface area contributed by atoms with Crippen molar-refractivity contribution < 1.29 is 14.3 Å². The highest BCUT2D eigenvalue weighted by Gasteiger charge is 2.12. The molecule has 5 nitrogen and oxygen atoms in total. The lowest BCUT2D eigenvalue weighted by Crippen LogP contribution is -2.44. The van der Waals surface area contributed by atoms with Crippen LogP contribution in [0.4, 0.5) is 0 Å². The molecule has 0 rings (SSSR count). The maximum atomic E-state index is 10.9. The summed E-state index contributed by atoms with van der Waals surface area (Å²) in [5, 5.41) is 4.87. The Morgan fingerprint density at radius 1 is 1.50 bits per heavy atom. The molecule has 1 atom stereocenters. The summed E-state index contributed by atoms with van der Waals surface area (Å²) in [6, 6.07) is -0.516. The number of methoxy groups -OCH3 is 1. The van der Waals surface area contributed by atoms with Crippen molar-refractivity contribution in [2.45, 2.75) is 13.0 Å². The zero-order valence-electron chi connectivity index (χ0n) is 7.51. The van der Waals surface area contributed by atoms with Crippen molar-refractivity contribution in [2.75, 3.05) is 20.8 Å². The monoisotopic (exact) mass is 174 g/mol. The third-order valence-corrected chi connectivity index (χ3v) is 1.29. The van der Waals surface area contributed by atoms with E-state index in [0.29, 0.717) is 0 Å². The lowest BCUT2D eigenvalue weighted by Gasteiger charge is -2.11. The predicted octanol–water partition coefficient (Wildman–Crippen LogP) is -1.12. The van der Waals surface area contributed by atoms with E-state index in [-0.39, 0.29) is 18.4 Å². The van der Waals surface area contributed by atoms with Crippen LogP contribution in [-0.4, -0.2) is 38.6 Å². The summed E-state index contributed by atoms with van der Waals surface area (Å²) in [4.78, 5) is 21.7. The van der Waals surface area contributed by atoms with Gasteiger partial charge in [-0.25, -0.2) is 0 Å². The third kappa shape index (κ3) is 3.92. The summed E-state index contributed by atoms with van der Waals surface area (Å²) in [5.74, 6) is -0.520. The Hall–Kier alpha value is -1.10. The molecule has 0 radical (unpaired) electrons. The summed E-state index contributed by atoms with van der Waals surface area (Å²) < 4.78 is 4.57. The maximum Gasteiger partial charge on any atom is 0.246 e. The molecule has 5 heteroatoms. The van der Waals surface area contributed by atoms with Gasteiger partial charge in [-0.3, -0.25) is 9.59 Å². The average Bonchev–Trinajstić information content (AvgIpc) is 2.03. The molecule has 0 aromatic heterocycles. The summed E-state index contributed by atoms with van der Waals surface area (Å²) in [5.41, 5.74) is 0. The largest absolute Gasteiger partial charge is 0.375 e. The first-order valence-electron chi connectivity index (χ1n) is 3.61. The quantitative estimate of drug-likeness (QED) is 0.567. The number of hydrogen-bond acceptors (Lipinski definition) is 3. The van der Waals surface area contributed by atoms with Crippen molar-refractivity contribution in [3.8, 4) is 0 Å². The Kier molecular flexibility index (Phi) is 5.03. The first kappa shape index (κ1) is 10.9. The molecule has 0 spiro atoms. The van der Waals surface area contributed by atoms with E-state index in [1.54, 1.807) is 6.92 Å².